The van der Waals surface area contributed by atoms with Crippen LogP contribution in [0.25, 0.3) is 0 Å². The number of amides is 3. The number of rotatable bonds is 5. The summed E-state index contributed by atoms with van der Waals surface area (Å²) in [6.07, 6.45) is -3.69. The van der Waals surface area contributed by atoms with Crippen molar-refractivity contribution in [3.05, 3.63) is 24.3 Å². The Labute approximate surface area is 160 Å². The van der Waals surface area contributed by atoms with Gasteiger partial charge in [-0.25, -0.2) is 0 Å². The summed E-state index contributed by atoms with van der Waals surface area (Å²) in [5, 5.41) is 2.52. The van der Waals surface area contributed by atoms with Crippen LogP contribution < -0.4 is 10.1 Å². The predicted octanol–water partition coefficient (Wildman–Crippen LogP) is 2.24. The number of likely N-dealkylation sites (tertiary alicyclic amines) is 1. The van der Waals surface area contributed by atoms with Gasteiger partial charge in [0.05, 0.1) is 6.54 Å². The van der Waals surface area contributed by atoms with E-state index in [9.17, 15) is 27.6 Å². The zero-order valence-electron chi connectivity index (χ0n) is 15.6. The van der Waals surface area contributed by atoms with Gasteiger partial charge in [0.1, 0.15) is 5.75 Å². The van der Waals surface area contributed by atoms with Crippen molar-refractivity contribution in [3.63, 3.8) is 0 Å². The van der Waals surface area contributed by atoms with Crippen LogP contribution >= 0.6 is 0 Å². The van der Waals surface area contributed by atoms with Crippen LogP contribution in [0.1, 0.15) is 19.8 Å². The fourth-order valence-corrected chi connectivity index (χ4v) is 2.99. The Hall–Kier alpha value is -2.78. The van der Waals surface area contributed by atoms with Crippen molar-refractivity contribution < 1.29 is 32.3 Å². The molecule has 2 rings (SSSR count). The Morgan fingerprint density at radius 1 is 1.18 bits per heavy atom. The molecule has 1 aromatic carbocycles. The van der Waals surface area contributed by atoms with E-state index in [-0.39, 0.29) is 30.0 Å². The lowest BCUT2D eigenvalue weighted by atomic mass is 9.95. The lowest BCUT2D eigenvalue weighted by Crippen LogP contribution is -2.44. The number of carbonyl (C=O) groups excluding carboxylic acids is 3. The number of carbonyl (C=O) groups is 3. The highest BCUT2D eigenvalue weighted by atomic mass is 19.4. The van der Waals surface area contributed by atoms with Crippen molar-refractivity contribution in [2.45, 2.75) is 26.1 Å². The molecule has 1 saturated heterocycles. The number of hydrogen-bond donors (Lipinski definition) is 1. The average molecular weight is 401 g/mol. The van der Waals surface area contributed by atoms with Gasteiger partial charge in [0, 0.05) is 38.7 Å². The molecule has 0 aliphatic carbocycles. The number of hydrogen-bond acceptors (Lipinski definition) is 4. The van der Waals surface area contributed by atoms with E-state index in [1.165, 1.54) is 31.0 Å². The minimum absolute atomic E-state index is 0.0229. The molecular weight excluding hydrogens is 379 g/mol. The Balaban J connectivity index is 1.82. The molecule has 1 N–H and O–H groups in total. The molecule has 0 spiro atoms. The van der Waals surface area contributed by atoms with E-state index >= 15 is 0 Å². The number of nitrogens with zero attached hydrogens (tertiary/aromatic N) is 2. The van der Waals surface area contributed by atoms with Gasteiger partial charge >= 0.3 is 6.36 Å². The summed E-state index contributed by atoms with van der Waals surface area (Å²) in [5.41, 5.74) is 0.287. The second kappa shape index (κ2) is 8.94. The molecule has 1 aliphatic heterocycles. The van der Waals surface area contributed by atoms with Gasteiger partial charge in [0.2, 0.25) is 17.7 Å². The maximum absolute atomic E-state index is 12.5. The first-order valence-corrected chi connectivity index (χ1v) is 8.71. The van der Waals surface area contributed by atoms with Gasteiger partial charge in [-0.2, -0.15) is 0 Å². The number of halogens is 3. The molecule has 10 heteroatoms. The first-order valence-electron chi connectivity index (χ1n) is 8.71. The minimum atomic E-state index is -4.78. The molecule has 0 unspecified atom stereocenters. The van der Waals surface area contributed by atoms with E-state index in [0.717, 1.165) is 12.1 Å². The van der Waals surface area contributed by atoms with Crippen LogP contribution in [0.3, 0.4) is 0 Å². The van der Waals surface area contributed by atoms with Crippen LogP contribution in [0.2, 0.25) is 0 Å². The largest absolute Gasteiger partial charge is 0.573 e. The number of alkyl halides is 3. The molecule has 1 aromatic rings. The number of benzene rings is 1. The second-order valence-electron chi connectivity index (χ2n) is 6.59. The van der Waals surface area contributed by atoms with Crippen molar-refractivity contribution in [1.82, 2.24) is 9.80 Å². The second-order valence-corrected chi connectivity index (χ2v) is 6.59. The summed E-state index contributed by atoms with van der Waals surface area (Å²) < 4.78 is 40.2. The van der Waals surface area contributed by atoms with Crippen molar-refractivity contribution >= 4 is 23.4 Å². The fraction of sp³-hybridized carbons (Fsp3) is 0.500. The van der Waals surface area contributed by atoms with E-state index in [1.54, 1.807) is 4.90 Å². The third-order valence-corrected chi connectivity index (χ3v) is 4.42. The highest BCUT2D eigenvalue weighted by Gasteiger charge is 2.31. The normalized spacial score (nSPS) is 15.1. The molecular formula is C18H22F3N3O4. The maximum atomic E-state index is 12.5. The SMILES string of the molecule is CC(=O)N1CCC(C(=O)N(C)CC(=O)Nc2ccc(OC(F)(F)F)cc2)CC1. The van der Waals surface area contributed by atoms with Gasteiger partial charge in [-0.15, -0.1) is 13.2 Å². The fourth-order valence-electron chi connectivity index (χ4n) is 2.99. The number of nitrogens with one attached hydrogen (secondary N) is 1. The number of likely N-dealkylation sites (N-methyl/N-ethyl adjacent to an activating group) is 1. The van der Waals surface area contributed by atoms with Crippen LogP contribution in [0.15, 0.2) is 24.3 Å². The summed E-state index contributed by atoms with van der Waals surface area (Å²) >= 11 is 0. The van der Waals surface area contributed by atoms with Gasteiger partial charge < -0.3 is 19.9 Å². The van der Waals surface area contributed by atoms with Crippen LogP contribution in [0, 0.1) is 5.92 Å². The molecule has 7 nitrogen and oxygen atoms in total. The maximum Gasteiger partial charge on any atom is 0.573 e. The third kappa shape index (κ3) is 6.43. The van der Waals surface area contributed by atoms with Gasteiger partial charge in [0.15, 0.2) is 0 Å². The minimum Gasteiger partial charge on any atom is -0.406 e. The first kappa shape index (κ1) is 21.5. The lowest BCUT2D eigenvalue weighted by molar-refractivity contribution is -0.274. The quantitative estimate of drug-likeness (QED) is 0.821. The third-order valence-electron chi connectivity index (χ3n) is 4.42. The number of anilines is 1. The van der Waals surface area contributed by atoms with Crippen LogP contribution in [-0.2, 0) is 14.4 Å². The van der Waals surface area contributed by atoms with E-state index < -0.39 is 18.0 Å². The van der Waals surface area contributed by atoms with Gasteiger partial charge in [-0.05, 0) is 37.1 Å². The topological polar surface area (TPSA) is 79.0 Å². The average Bonchev–Trinajstić information content (AvgIpc) is 2.61. The van der Waals surface area contributed by atoms with Crippen molar-refractivity contribution in [1.29, 1.82) is 0 Å². The summed E-state index contributed by atoms with van der Waals surface area (Å²) in [5.74, 6) is -1.30. The highest BCUT2D eigenvalue weighted by molar-refractivity contribution is 5.94. The standard InChI is InChI=1S/C18H22F3N3O4/c1-12(25)24-9-7-13(8-10-24)17(27)23(2)11-16(26)22-14-3-5-15(6-4-14)28-18(19,20)21/h3-6,13H,7-11H2,1-2H3,(H,22,26). The van der Waals surface area contributed by atoms with E-state index in [1.807, 2.05) is 0 Å². The molecule has 3 amide bonds. The van der Waals surface area contributed by atoms with Crippen LogP contribution in [0.5, 0.6) is 5.75 Å². The zero-order valence-corrected chi connectivity index (χ0v) is 15.6. The van der Waals surface area contributed by atoms with Crippen molar-refractivity contribution in [2.24, 2.45) is 5.92 Å². The Kier molecular flexibility index (Phi) is 6.87. The molecule has 0 aromatic heterocycles. The molecule has 1 aliphatic rings. The van der Waals surface area contributed by atoms with Gasteiger partial charge in [-0.1, -0.05) is 0 Å². The van der Waals surface area contributed by atoms with Crippen molar-refractivity contribution in [2.75, 3.05) is 32.0 Å². The van der Waals surface area contributed by atoms with Crippen LogP contribution in [0.4, 0.5) is 18.9 Å². The number of piperidine rings is 1. The molecule has 1 heterocycles. The zero-order chi connectivity index (χ0) is 20.9. The molecule has 154 valence electrons. The highest BCUT2D eigenvalue weighted by Crippen LogP contribution is 2.24. The molecule has 0 radical (unpaired) electrons. The van der Waals surface area contributed by atoms with Gasteiger partial charge in [-0.3, -0.25) is 14.4 Å². The lowest BCUT2D eigenvalue weighted by Gasteiger charge is -2.32. The Bertz CT molecular complexity index is 714. The molecule has 0 atom stereocenters. The summed E-state index contributed by atoms with van der Waals surface area (Å²) in [6.45, 7) is 2.32. The van der Waals surface area contributed by atoms with Crippen molar-refractivity contribution in [3.8, 4) is 5.75 Å². The summed E-state index contributed by atoms with van der Waals surface area (Å²) in [6, 6.07) is 4.72. The Morgan fingerprint density at radius 3 is 2.25 bits per heavy atom. The van der Waals surface area contributed by atoms with E-state index in [4.69, 9.17) is 0 Å². The molecule has 0 bridgehead atoms. The smallest absolute Gasteiger partial charge is 0.406 e. The monoisotopic (exact) mass is 401 g/mol. The number of ether oxygens (including phenoxy) is 1. The molecule has 0 saturated carbocycles. The van der Waals surface area contributed by atoms with E-state index in [0.29, 0.717) is 25.9 Å². The predicted molar refractivity (Wildman–Crippen MR) is 94.4 cm³/mol. The summed E-state index contributed by atoms with van der Waals surface area (Å²) in [7, 11) is 1.51. The first-order chi connectivity index (χ1) is 13.0. The van der Waals surface area contributed by atoms with Crippen LogP contribution in [-0.4, -0.2) is 60.6 Å². The Morgan fingerprint density at radius 2 is 1.75 bits per heavy atom. The van der Waals surface area contributed by atoms with E-state index in [2.05, 4.69) is 10.1 Å². The molecule has 28 heavy (non-hydrogen) atoms. The van der Waals surface area contributed by atoms with Gasteiger partial charge in [0.25, 0.3) is 0 Å². The molecule has 1 fully saturated rings. The summed E-state index contributed by atoms with van der Waals surface area (Å²) in [4.78, 5) is 38.9.